The molecule has 0 unspecified atom stereocenters. The molecule has 0 spiro atoms. The molecular formula is C16H14Cl3N3O3S. The molecule has 0 aliphatic carbocycles. The first-order valence-electron chi connectivity index (χ1n) is 7.17. The number of rotatable bonds is 6. The van der Waals surface area contributed by atoms with Crippen molar-refractivity contribution in [2.24, 2.45) is 5.10 Å². The Labute approximate surface area is 166 Å². The van der Waals surface area contributed by atoms with Gasteiger partial charge in [-0.05, 0) is 36.4 Å². The minimum absolute atomic E-state index is 0.316. The van der Waals surface area contributed by atoms with Gasteiger partial charge < -0.3 is 0 Å². The summed E-state index contributed by atoms with van der Waals surface area (Å²) in [5, 5.41) is 5.08. The summed E-state index contributed by atoms with van der Waals surface area (Å²) in [5.74, 6) is -0.619. The number of amides is 1. The van der Waals surface area contributed by atoms with Crippen LogP contribution in [-0.4, -0.2) is 33.3 Å². The smallest absolute Gasteiger partial charge is 0.260 e. The van der Waals surface area contributed by atoms with E-state index < -0.39 is 22.5 Å². The number of nitrogens with zero attached hydrogens (tertiary/aromatic N) is 2. The number of hydrogen-bond donors (Lipinski definition) is 1. The molecule has 0 bridgehead atoms. The van der Waals surface area contributed by atoms with Gasteiger partial charge in [-0.3, -0.25) is 9.10 Å². The molecule has 0 atom stereocenters. The molecule has 0 saturated carbocycles. The summed E-state index contributed by atoms with van der Waals surface area (Å²) in [4.78, 5) is 12.1. The van der Waals surface area contributed by atoms with Gasteiger partial charge in [0.1, 0.15) is 6.54 Å². The van der Waals surface area contributed by atoms with Gasteiger partial charge in [0.2, 0.25) is 10.0 Å². The first-order chi connectivity index (χ1) is 12.2. The Morgan fingerprint density at radius 3 is 2.31 bits per heavy atom. The first-order valence-corrected chi connectivity index (χ1v) is 10.2. The average molecular weight is 435 g/mol. The number of sulfonamides is 1. The summed E-state index contributed by atoms with van der Waals surface area (Å²) >= 11 is 17.6. The van der Waals surface area contributed by atoms with Crippen LogP contribution in [0.25, 0.3) is 0 Å². The van der Waals surface area contributed by atoms with E-state index >= 15 is 0 Å². The van der Waals surface area contributed by atoms with Crippen LogP contribution >= 0.6 is 34.8 Å². The Balaban J connectivity index is 2.08. The van der Waals surface area contributed by atoms with Crippen LogP contribution in [0.5, 0.6) is 0 Å². The third-order valence-electron chi connectivity index (χ3n) is 3.16. The molecule has 0 radical (unpaired) electrons. The zero-order chi connectivity index (χ0) is 19.3. The van der Waals surface area contributed by atoms with Gasteiger partial charge >= 0.3 is 0 Å². The molecule has 0 saturated heterocycles. The Morgan fingerprint density at radius 1 is 1.12 bits per heavy atom. The summed E-state index contributed by atoms with van der Waals surface area (Å²) in [5.41, 5.74) is 3.13. The lowest BCUT2D eigenvalue weighted by Gasteiger charge is -2.21. The summed E-state index contributed by atoms with van der Waals surface area (Å²) in [6.45, 7) is -0.438. The monoisotopic (exact) mass is 433 g/mol. The highest BCUT2D eigenvalue weighted by atomic mass is 35.5. The molecular weight excluding hydrogens is 421 g/mol. The number of hydrazone groups is 1. The second kappa shape index (κ2) is 8.73. The Hall–Kier alpha value is -1.80. The van der Waals surface area contributed by atoms with Crippen molar-refractivity contribution in [2.75, 3.05) is 17.1 Å². The number of carbonyl (C=O) groups is 1. The SMILES string of the molecule is CS(=O)(=O)N(CC(=O)N/N=C/c1ccc(Cl)cc1Cl)c1ccc(Cl)cc1. The van der Waals surface area contributed by atoms with Gasteiger partial charge in [-0.15, -0.1) is 0 Å². The summed E-state index contributed by atoms with van der Waals surface area (Å²) in [6.07, 6.45) is 2.34. The minimum atomic E-state index is -3.67. The maximum Gasteiger partial charge on any atom is 0.260 e. The Morgan fingerprint density at radius 2 is 1.73 bits per heavy atom. The van der Waals surface area contributed by atoms with Crippen LogP contribution < -0.4 is 9.73 Å². The summed E-state index contributed by atoms with van der Waals surface area (Å²) in [7, 11) is -3.67. The van der Waals surface area contributed by atoms with Gasteiger partial charge in [0.15, 0.2) is 0 Å². The molecule has 1 N–H and O–H groups in total. The summed E-state index contributed by atoms with van der Waals surface area (Å²) in [6, 6.07) is 10.9. The fourth-order valence-electron chi connectivity index (χ4n) is 1.95. The highest BCUT2D eigenvalue weighted by molar-refractivity contribution is 7.92. The highest BCUT2D eigenvalue weighted by Crippen LogP contribution is 2.20. The van der Waals surface area contributed by atoms with Gasteiger partial charge in [-0.2, -0.15) is 5.10 Å². The maximum atomic E-state index is 12.1. The van der Waals surface area contributed by atoms with Crippen LogP contribution in [-0.2, 0) is 14.8 Å². The van der Waals surface area contributed by atoms with Crippen molar-refractivity contribution in [1.29, 1.82) is 0 Å². The molecule has 0 heterocycles. The molecule has 6 nitrogen and oxygen atoms in total. The molecule has 2 aromatic carbocycles. The van der Waals surface area contributed by atoms with E-state index in [9.17, 15) is 13.2 Å². The molecule has 2 rings (SSSR count). The molecule has 1 amide bonds. The lowest BCUT2D eigenvalue weighted by Crippen LogP contribution is -2.39. The second-order valence-electron chi connectivity index (χ2n) is 5.21. The topological polar surface area (TPSA) is 78.8 Å². The molecule has 0 fully saturated rings. The lowest BCUT2D eigenvalue weighted by atomic mass is 10.2. The molecule has 0 aromatic heterocycles. The second-order valence-corrected chi connectivity index (χ2v) is 8.39. The van der Waals surface area contributed by atoms with Crippen LogP contribution in [0, 0.1) is 0 Å². The Kier molecular flexibility index (Phi) is 6.88. The lowest BCUT2D eigenvalue weighted by molar-refractivity contribution is -0.119. The van der Waals surface area contributed by atoms with E-state index in [4.69, 9.17) is 34.8 Å². The normalized spacial score (nSPS) is 11.5. The number of anilines is 1. The van der Waals surface area contributed by atoms with Crippen LogP contribution in [0.1, 0.15) is 5.56 Å². The number of carbonyl (C=O) groups excluding carboxylic acids is 1. The average Bonchev–Trinajstić information content (AvgIpc) is 2.55. The van der Waals surface area contributed by atoms with Crippen LogP contribution in [0.15, 0.2) is 47.6 Å². The third kappa shape index (κ3) is 5.88. The van der Waals surface area contributed by atoms with E-state index in [0.717, 1.165) is 10.6 Å². The molecule has 26 heavy (non-hydrogen) atoms. The van der Waals surface area contributed by atoms with Gasteiger partial charge in [0.05, 0.1) is 23.2 Å². The maximum absolute atomic E-state index is 12.1. The van der Waals surface area contributed by atoms with Crippen molar-refractivity contribution in [1.82, 2.24) is 5.43 Å². The fraction of sp³-hybridized carbons (Fsp3) is 0.125. The van der Waals surface area contributed by atoms with E-state index in [0.29, 0.717) is 26.3 Å². The number of halogens is 3. The number of benzene rings is 2. The molecule has 10 heteroatoms. The van der Waals surface area contributed by atoms with E-state index in [1.807, 2.05) is 0 Å². The van der Waals surface area contributed by atoms with Crippen molar-refractivity contribution >= 4 is 62.6 Å². The van der Waals surface area contributed by atoms with Gasteiger partial charge in [0, 0.05) is 15.6 Å². The van der Waals surface area contributed by atoms with E-state index in [2.05, 4.69) is 10.5 Å². The van der Waals surface area contributed by atoms with E-state index in [1.165, 1.54) is 36.5 Å². The number of nitrogens with one attached hydrogen (secondary N) is 1. The predicted molar refractivity (Wildman–Crippen MR) is 106 cm³/mol. The highest BCUT2D eigenvalue weighted by Gasteiger charge is 2.20. The molecule has 0 aliphatic heterocycles. The van der Waals surface area contributed by atoms with Gasteiger partial charge in [-0.25, -0.2) is 13.8 Å². The zero-order valence-electron chi connectivity index (χ0n) is 13.5. The van der Waals surface area contributed by atoms with Crippen molar-refractivity contribution in [3.63, 3.8) is 0 Å². The van der Waals surface area contributed by atoms with Crippen LogP contribution in [0.3, 0.4) is 0 Å². The van der Waals surface area contributed by atoms with Crippen molar-refractivity contribution in [2.45, 2.75) is 0 Å². The quantitative estimate of drug-likeness (QED) is 0.558. The molecule has 2 aromatic rings. The Bertz CT molecular complexity index is 932. The standard InChI is InChI=1S/C16H14Cl3N3O3S/c1-26(24,25)22(14-6-4-12(17)5-7-14)10-16(23)21-20-9-11-2-3-13(18)8-15(11)19/h2-9H,10H2,1H3,(H,21,23)/b20-9+. The third-order valence-corrected chi connectivity index (χ3v) is 5.11. The van der Waals surface area contributed by atoms with Gasteiger partial charge in [-0.1, -0.05) is 40.9 Å². The van der Waals surface area contributed by atoms with Crippen molar-refractivity contribution in [3.05, 3.63) is 63.1 Å². The largest absolute Gasteiger partial charge is 0.271 e. The van der Waals surface area contributed by atoms with Crippen LogP contribution in [0.4, 0.5) is 5.69 Å². The molecule has 138 valence electrons. The fourth-order valence-corrected chi connectivity index (χ4v) is 3.39. The van der Waals surface area contributed by atoms with Crippen LogP contribution in [0.2, 0.25) is 15.1 Å². The van der Waals surface area contributed by atoms with E-state index in [1.54, 1.807) is 12.1 Å². The number of hydrogen-bond acceptors (Lipinski definition) is 4. The molecule has 0 aliphatic rings. The summed E-state index contributed by atoms with van der Waals surface area (Å²) < 4.78 is 24.9. The van der Waals surface area contributed by atoms with Crippen molar-refractivity contribution < 1.29 is 13.2 Å². The van der Waals surface area contributed by atoms with Crippen molar-refractivity contribution in [3.8, 4) is 0 Å². The van der Waals surface area contributed by atoms with Gasteiger partial charge in [0.25, 0.3) is 5.91 Å². The van der Waals surface area contributed by atoms with E-state index in [-0.39, 0.29) is 0 Å². The zero-order valence-corrected chi connectivity index (χ0v) is 16.6. The minimum Gasteiger partial charge on any atom is -0.271 e. The first kappa shape index (κ1) is 20.5. The predicted octanol–water partition coefficient (Wildman–Crippen LogP) is 3.56.